The molecule has 0 aliphatic carbocycles. The largest absolute Gasteiger partial charge is 0.394 e. The second-order valence-corrected chi connectivity index (χ2v) is 8.02. The first-order valence-corrected chi connectivity index (χ1v) is 10.7. The number of benzene rings is 1. The van der Waals surface area contributed by atoms with Crippen LogP contribution in [0.3, 0.4) is 0 Å². The van der Waals surface area contributed by atoms with Crippen LogP contribution < -0.4 is 10.6 Å². The van der Waals surface area contributed by atoms with Gasteiger partial charge in [0.2, 0.25) is 11.8 Å². The van der Waals surface area contributed by atoms with E-state index in [0.29, 0.717) is 32.6 Å². The number of nitrogens with one attached hydrogen (secondary N) is 2. The van der Waals surface area contributed by atoms with Gasteiger partial charge in [-0.05, 0) is 25.3 Å². The van der Waals surface area contributed by atoms with Crippen molar-refractivity contribution in [2.45, 2.75) is 50.5 Å². The molecule has 2 saturated heterocycles. The Balaban J connectivity index is 1.43. The first kappa shape index (κ1) is 22.7. The highest BCUT2D eigenvalue weighted by Gasteiger charge is 2.33. The minimum atomic E-state index is -0.503. The Bertz CT molecular complexity index is 681. The van der Waals surface area contributed by atoms with Crippen LogP contribution in [0.2, 0.25) is 0 Å². The Hall–Kier alpha value is -2.00. The first-order chi connectivity index (χ1) is 14.5. The molecule has 0 aromatic heterocycles. The van der Waals surface area contributed by atoms with Crippen molar-refractivity contribution in [1.82, 2.24) is 15.5 Å². The highest BCUT2D eigenvalue weighted by Crippen LogP contribution is 2.22. The molecule has 30 heavy (non-hydrogen) atoms. The molecule has 0 spiro atoms. The lowest BCUT2D eigenvalue weighted by atomic mass is 9.96. The molecule has 0 unspecified atom stereocenters. The van der Waals surface area contributed by atoms with Crippen molar-refractivity contribution >= 4 is 11.8 Å². The monoisotopic (exact) mass is 419 g/mol. The Kier molecular flexibility index (Phi) is 8.62. The fourth-order valence-corrected chi connectivity index (χ4v) is 3.99. The molecule has 2 amide bonds. The minimum absolute atomic E-state index is 0.0724. The Labute approximate surface area is 177 Å². The van der Waals surface area contributed by atoms with Gasteiger partial charge < -0.3 is 25.2 Å². The SMILES string of the molecule is C[C@H](NC(=O)C[C@H]1CC[C@@H](NC(=O)CN2CCOCC2)[C@H](CO)O1)c1ccccc1. The molecule has 2 heterocycles. The normalized spacial score (nSPS) is 26.0. The van der Waals surface area contributed by atoms with Crippen LogP contribution in [0.1, 0.15) is 37.8 Å². The smallest absolute Gasteiger partial charge is 0.234 e. The maximum atomic E-state index is 12.4. The van der Waals surface area contributed by atoms with Crippen LogP contribution in [0.25, 0.3) is 0 Å². The summed E-state index contributed by atoms with van der Waals surface area (Å²) in [4.78, 5) is 26.8. The highest BCUT2D eigenvalue weighted by molar-refractivity contribution is 5.78. The van der Waals surface area contributed by atoms with E-state index in [9.17, 15) is 14.7 Å². The van der Waals surface area contributed by atoms with Gasteiger partial charge in [0.25, 0.3) is 0 Å². The molecule has 1 aromatic rings. The van der Waals surface area contributed by atoms with Crippen LogP contribution in [0.4, 0.5) is 0 Å². The van der Waals surface area contributed by atoms with Gasteiger partial charge in [-0.15, -0.1) is 0 Å². The van der Waals surface area contributed by atoms with Crippen molar-refractivity contribution in [2.24, 2.45) is 0 Å². The molecular weight excluding hydrogens is 386 g/mol. The van der Waals surface area contributed by atoms with Crippen LogP contribution in [0.15, 0.2) is 30.3 Å². The predicted molar refractivity (Wildman–Crippen MR) is 112 cm³/mol. The van der Waals surface area contributed by atoms with E-state index in [2.05, 4.69) is 15.5 Å². The molecule has 0 radical (unpaired) electrons. The van der Waals surface area contributed by atoms with Gasteiger partial charge in [0.15, 0.2) is 0 Å². The number of aliphatic hydroxyl groups is 1. The van der Waals surface area contributed by atoms with Crippen LogP contribution in [-0.4, -0.2) is 79.5 Å². The molecule has 2 fully saturated rings. The second kappa shape index (κ2) is 11.4. The van der Waals surface area contributed by atoms with Gasteiger partial charge in [-0.2, -0.15) is 0 Å². The van der Waals surface area contributed by atoms with Crippen LogP contribution in [-0.2, 0) is 19.1 Å². The molecule has 8 nitrogen and oxygen atoms in total. The quantitative estimate of drug-likeness (QED) is 0.571. The van der Waals surface area contributed by atoms with Crippen molar-refractivity contribution in [1.29, 1.82) is 0 Å². The summed E-state index contributed by atoms with van der Waals surface area (Å²) in [6, 6.07) is 9.47. The summed E-state index contributed by atoms with van der Waals surface area (Å²) in [5.74, 6) is -0.153. The van der Waals surface area contributed by atoms with Gasteiger partial charge in [-0.3, -0.25) is 14.5 Å². The number of amides is 2. The molecule has 0 bridgehead atoms. The topological polar surface area (TPSA) is 100 Å². The van der Waals surface area contributed by atoms with Gasteiger partial charge in [0, 0.05) is 13.1 Å². The molecule has 1 aromatic carbocycles. The van der Waals surface area contributed by atoms with Crippen molar-refractivity contribution in [3.8, 4) is 0 Å². The van der Waals surface area contributed by atoms with Crippen LogP contribution >= 0.6 is 0 Å². The van der Waals surface area contributed by atoms with Crippen LogP contribution in [0.5, 0.6) is 0 Å². The molecule has 3 N–H and O–H groups in total. The Morgan fingerprint density at radius 3 is 2.60 bits per heavy atom. The zero-order chi connectivity index (χ0) is 21.3. The van der Waals surface area contributed by atoms with Gasteiger partial charge >= 0.3 is 0 Å². The van der Waals surface area contributed by atoms with E-state index < -0.39 is 6.10 Å². The summed E-state index contributed by atoms with van der Waals surface area (Å²) in [5.41, 5.74) is 1.05. The van der Waals surface area contributed by atoms with Crippen molar-refractivity contribution in [3.63, 3.8) is 0 Å². The van der Waals surface area contributed by atoms with Gasteiger partial charge in [-0.1, -0.05) is 30.3 Å². The number of aliphatic hydroxyl groups excluding tert-OH is 1. The summed E-state index contributed by atoms with van der Waals surface area (Å²) < 4.78 is 11.2. The second-order valence-electron chi connectivity index (χ2n) is 8.02. The van der Waals surface area contributed by atoms with E-state index in [1.807, 2.05) is 37.3 Å². The van der Waals surface area contributed by atoms with Gasteiger partial charge in [-0.25, -0.2) is 0 Å². The number of rotatable bonds is 8. The maximum absolute atomic E-state index is 12.4. The molecule has 4 atom stereocenters. The number of carbonyl (C=O) groups excluding carboxylic acids is 2. The fraction of sp³-hybridized carbons (Fsp3) is 0.636. The average molecular weight is 420 g/mol. The average Bonchev–Trinajstić information content (AvgIpc) is 2.76. The number of hydrogen-bond donors (Lipinski definition) is 3. The number of ether oxygens (including phenoxy) is 2. The van der Waals surface area contributed by atoms with E-state index in [1.54, 1.807) is 0 Å². The zero-order valence-corrected chi connectivity index (χ0v) is 17.6. The summed E-state index contributed by atoms with van der Waals surface area (Å²) in [6.07, 6.45) is 0.801. The number of carbonyl (C=O) groups is 2. The Morgan fingerprint density at radius 1 is 1.17 bits per heavy atom. The zero-order valence-electron chi connectivity index (χ0n) is 17.6. The third kappa shape index (κ3) is 6.77. The third-order valence-electron chi connectivity index (χ3n) is 5.70. The number of hydrogen-bond acceptors (Lipinski definition) is 6. The van der Waals surface area contributed by atoms with Gasteiger partial charge in [0.1, 0.15) is 6.10 Å². The minimum Gasteiger partial charge on any atom is -0.394 e. The molecule has 0 saturated carbocycles. The van der Waals surface area contributed by atoms with Gasteiger partial charge in [0.05, 0.1) is 51.0 Å². The standard InChI is InChI=1S/C22H33N3O5/c1-16(17-5-3-2-4-6-17)23-21(27)13-18-7-8-19(20(15-26)30-18)24-22(28)14-25-9-11-29-12-10-25/h2-6,16,18-20,26H,7-15H2,1H3,(H,23,27)(H,24,28)/t16-,18+,19+,20-/m0/s1. The van der Waals surface area contributed by atoms with Crippen molar-refractivity contribution in [3.05, 3.63) is 35.9 Å². The van der Waals surface area contributed by atoms with Crippen molar-refractivity contribution in [2.75, 3.05) is 39.5 Å². The molecule has 8 heteroatoms. The summed E-state index contributed by atoms with van der Waals surface area (Å²) in [5, 5.41) is 15.7. The molecule has 2 aliphatic heterocycles. The van der Waals surface area contributed by atoms with E-state index in [-0.39, 0.29) is 43.0 Å². The van der Waals surface area contributed by atoms with E-state index in [0.717, 1.165) is 18.7 Å². The van der Waals surface area contributed by atoms with E-state index in [1.165, 1.54) is 0 Å². The third-order valence-corrected chi connectivity index (χ3v) is 5.70. The molecular formula is C22H33N3O5. The molecule has 2 aliphatic rings. The summed E-state index contributed by atoms with van der Waals surface area (Å²) >= 11 is 0. The lowest BCUT2D eigenvalue weighted by Gasteiger charge is -2.36. The lowest BCUT2D eigenvalue weighted by molar-refractivity contribution is -0.137. The Morgan fingerprint density at radius 2 is 1.90 bits per heavy atom. The highest BCUT2D eigenvalue weighted by atomic mass is 16.5. The van der Waals surface area contributed by atoms with E-state index >= 15 is 0 Å². The first-order valence-electron chi connectivity index (χ1n) is 10.7. The maximum Gasteiger partial charge on any atom is 0.234 e. The lowest BCUT2D eigenvalue weighted by Crippen LogP contribution is -2.53. The summed E-state index contributed by atoms with van der Waals surface area (Å²) in [7, 11) is 0. The van der Waals surface area contributed by atoms with E-state index in [4.69, 9.17) is 9.47 Å². The summed E-state index contributed by atoms with van der Waals surface area (Å²) in [6.45, 7) is 4.86. The fourth-order valence-electron chi connectivity index (χ4n) is 3.99. The number of nitrogens with zero attached hydrogens (tertiary/aromatic N) is 1. The van der Waals surface area contributed by atoms with Crippen molar-refractivity contribution < 1.29 is 24.2 Å². The predicted octanol–water partition coefficient (Wildman–Crippen LogP) is 0.611. The molecule has 166 valence electrons. The molecule has 3 rings (SSSR count). The number of morpholine rings is 1. The van der Waals surface area contributed by atoms with Crippen LogP contribution in [0, 0.1) is 0 Å².